The normalized spacial score (nSPS) is 10.5. The minimum absolute atomic E-state index is 0.214. The second-order valence-electron chi connectivity index (χ2n) is 7.58. The van der Waals surface area contributed by atoms with Gasteiger partial charge in [0.1, 0.15) is 0 Å². The van der Waals surface area contributed by atoms with Crippen LogP contribution < -0.4 is 0 Å². The van der Waals surface area contributed by atoms with Crippen LogP contribution in [0.3, 0.4) is 0 Å². The van der Waals surface area contributed by atoms with Crippen molar-refractivity contribution in [2.24, 2.45) is 0 Å². The molecule has 0 unspecified atom stereocenters. The number of carboxylic acid groups (broad SMARTS) is 2. The van der Waals surface area contributed by atoms with Gasteiger partial charge in [0, 0.05) is 12.4 Å². The summed E-state index contributed by atoms with van der Waals surface area (Å²) in [6.45, 7) is 8.32. The van der Waals surface area contributed by atoms with Gasteiger partial charge in [-0.05, 0) is 81.9 Å². The van der Waals surface area contributed by atoms with Crippen LogP contribution in [0.2, 0.25) is 0 Å². The molecule has 0 atom stereocenters. The molecule has 0 saturated carbocycles. The molecule has 0 aliphatic heterocycles. The first-order chi connectivity index (χ1) is 16.3. The number of hydrogen-bond donors (Lipinski definition) is 2. The highest BCUT2D eigenvalue weighted by atomic mass is 16.4. The van der Waals surface area contributed by atoms with Crippen LogP contribution in [0.5, 0.6) is 0 Å². The number of aromatic nitrogens is 2. The summed E-state index contributed by atoms with van der Waals surface area (Å²) in [6, 6.07) is 20.5. The van der Waals surface area contributed by atoms with E-state index < -0.39 is 11.9 Å². The molecule has 0 radical (unpaired) electrons. The maximum absolute atomic E-state index is 11.1. The van der Waals surface area contributed by atoms with Crippen LogP contribution in [-0.2, 0) is 0 Å². The number of pyridine rings is 2. The lowest BCUT2D eigenvalue weighted by molar-refractivity contribution is 0.0686. The Morgan fingerprint density at radius 2 is 0.853 bits per heavy atom. The lowest BCUT2D eigenvalue weighted by Crippen LogP contribution is -1.97. The summed E-state index contributed by atoms with van der Waals surface area (Å²) in [4.78, 5) is 31.1. The van der Waals surface area contributed by atoms with Crippen molar-refractivity contribution >= 4 is 23.1 Å². The van der Waals surface area contributed by atoms with Crippen molar-refractivity contribution in [3.63, 3.8) is 0 Å². The number of rotatable bonds is 7. The van der Waals surface area contributed by atoms with Crippen molar-refractivity contribution in [2.75, 3.05) is 0 Å². The van der Waals surface area contributed by atoms with Crippen LogP contribution >= 0.6 is 0 Å². The van der Waals surface area contributed by atoms with Crippen molar-refractivity contribution in [3.05, 3.63) is 132 Å². The van der Waals surface area contributed by atoms with Gasteiger partial charge in [0.2, 0.25) is 0 Å². The molecule has 2 heterocycles. The van der Waals surface area contributed by atoms with Gasteiger partial charge in [-0.25, -0.2) is 9.59 Å². The van der Waals surface area contributed by atoms with Crippen LogP contribution in [0.25, 0.3) is 22.5 Å². The predicted octanol–water partition coefficient (Wildman–Crippen LogP) is 5.66. The molecule has 6 heteroatoms. The molecule has 4 rings (SSSR count). The molecule has 34 heavy (non-hydrogen) atoms. The summed E-state index contributed by atoms with van der Waals surface area (Å²) in [5, 5.41) is 18.2. The first-order valence-electron chi connectivity index (χ1n) is 10.3. The van der Waals surface area contributed by atoms with E-state index in [-0.39, 0.29) is 11.1 Å². The monoisotopic (exact) mass is 448 g/mol. The summed E-state index contributed by atoms with van der Waals surface area (Å²) in [5.74, 6) is -1.96. The molecule has 6 nitrogen and oxygen atoms in total. The quantitative estimate of drug-likeness (QED) is 0.378. The minimum atomic E-state index is -0.978. The highest BCUT2D eigenvalue weighted by molar-refractivity contribution is 5.90. The Morgan fingerprint density at radius 3 is 1.18 bits per heavy atom. The van der Waals surface area contributed by atoms with Crippen LogP contribution in [0.4, 0.5) is 0 Å². The lowest BCUT2D eigenvalue weighted by Gasteiger charge is -2.10. The Balaban J connectivity index is 1.61. The van der Waals surface area contributed by atoms with Crippen molar-refractivity contribution in [1.29, 1.82) is 0 Å². The van der Waals surface area contributed by atoms with Gasteiger partial charge >= 0.3 is 11.9 Å². The van der Waals surface area contributed by atoms with Crippen LogP contribution in [0, 0.1) is 0 Å². The molecule has 0 saturated heterocycles. The Labute approximate surface area is 196 Å². The molecule has 0 fully saturated rings. The zero-order valence-corrected chi connectivity index (χ0v) is 18.1. The first-order valence-corrected chi connectivity index (χ1v) is 10.3. The lowest BCUT2D eigenvalue weighted by atomic mass is 9.97. The number of carbonyl (C=O) groups is 2. The standard InChI is InChI=1S/C28H20N2O4/c1-17(19-3-7-21(8-4-19)27(31)32)23-11-13-29-25(15-23)26-16-24(12-14-30-26)18(2)20-5-9-22(10-6-20)28(33)34/h3-16H,1-2H2,(H,31,32)(H,33,34). The predicted molar refractivity (Wildman–Crippen MR) is 131 cm³/mol. The maximum Gasteiger partial charge on any atom is 0.335 e. The van der Waals surface area contributed by atoms with Crippen molar-refractivity contribution in [2.45, 2.75) is 0 Å². The van der Waals surface area contributed by atoms with E-state index in [1.165, 1.54) is 0 Å². The summed E-state index contributed by atoms with van der Waals surface area (Å²) >= 11 is 0. The average Bonchev–Trinajstić information content (AvgIpc) is 2.88. The third-order valence-corrected chi connectivity index (χ3v) is 5.44. The van der Waals surface area contributed by atoms with Gasteiger partial charge in [0.25, 0.3) is 0 Å². The van der Waals surface area contributed by atoms with E-state index in [1.54, 1.807) is 60.9 Å². The van der Waals surface area contributed by atoms with Gasteiger partial charge in [0.15, 0.2) is 0 Å². The van der Waals surface area contributed by atoms with E-state index in [4.69, 9.17) is 10.2 Å². The van der Waals surface area contributed by atoms with E-state index in [0.29, 0.717) is 11.4 Å². The van der Waals surface area contributed by atoms with Gasteiger partial charge in [-0.3, -0.25) is 9.97 Å². The smallest absolute Gasteiger partial charge is 0.335 e. The van der Waals surface area contributed by atoms with Gasteiger partial charge in [-0.1, -0.05) is 37.4 Å². The molecule has 0 aliphatic rings. The number of aromatic carboxylic acids is 2. The first kappa shape index (κ1) is 22.4. The molecule has 0 bridgehead atoms. The fourth-order valence-corrected chi connectivity index (χ4v) is 3.48. The Kier molecular flexibility index (Phi) is 6.14. The Bertz CT molecular complexity index is 1310. The third kappa shape index (κ3) is 4.66. The Morgan fingerprint density at radius 1 is 0.529 bits per heavy atom. The van der Waals surface area contributed by atoms with Crippen LogP contribution in [-0.4, -0.2) is 32.1 Å². The SMILES string of the molecule is C=C(c1ccc(C(=O)O)cc1)c1ccnc(-c2cc(C(=C)c3ccc(C(=O)O)cc3)ccn2)c1. The molecular formula is C28H20N2O4. The molecule has 0 aliphatic carbocycles. The second-order valence-corrected chi connectivity index (χ2v) is 7.58. The van der Waals surface area contributed by atoms with Gasteiger partial charge in [-0.15, -0.1) is 0 Å². The maximum atomic E-state index is 11.1. The van der Waals surface area contributed by atoms with Crippen LogP contribution in [0.15, 0.2) is 98.3 Å². The van der Waals surface area contributed by atoms with E-state index in [2.05, 4.69) is 23.1 Å². The molecule has 0 amide bonds. The topological polar surface area (TPSA) is 100 Å². The fraction of sp³-hybridized carbons (Fsp3) is 0. The number of carboxylic acids is 2. The van der Waals surface area contributed by atoms with E-state index in [9.17, 15) is 9.59 Å². The van der Waals surface area contributed by atoms with E-state index in [1.807, 2.05) is 24.3 Å². The van der Waals surface area contributed by atoms with Crippen molar-refractivity contribution < 1.29 is 19.8 Å². The fourth-order valence-electron chi connectivity index (χ4n) is 3.48. The number of hydrogen-bond acceptors (Lipinski definition) is 4. The molecule has 0 spiro atoms. The van der Waals surface area contributed by atoms with Gasteiger partial charge in [-0.2, -0.15) is 0 Å². The van der Waals surface area contributed by atoms with Crippen molar-refractivity contribution in [1.82, 2.24) is 9.97 Å². The average molecular weight is 448 g/mol. The minimum Gasteiger partial charge on any atom is -0.478 e. The molecular weight excluding hydrogens is 428 g/mol. The van der Waals surface area contributed by atoms with Crippen LogP contribution in [0.1, 0.15) is 43.0 Å². The summed E-state index contributed by atoms with van der Waals surface area (Å²) in [5.41, 5.74) is 6.49. The molecule has 2 aromatic carbocycles. The summed E-state index contributed by atoms with van der Waals surface area (Å²) in [6.07, 6.45) is 3.35. The highest BCUT2D eigenvalue weighted by Gasteiger charge is 2.11. The highest BCUT2D eigenvalue weighted by Crippen LogP contribution is 2.28. The zero-order chi connectivity index (χ0) is 24.2. The third-order valence-electron chi connectivity index (χ3n) is 5.44. The van der Waals surface area contributed by atoms with E-state index in [0.717, 1.165) is 33.4 Å². The second kappa shape index (κ2) is 9.34. The van der Waals surface area contributed by atoms with E-state index >= 15 is 0 Å². The number of benzene rings is 2. The van der Waals surface area contributed by atoms with Crippen molar-refractivity contribution in [3.8, 4) is 11.4 Å². The summed E-state index contributed by atoms with van der Waals surface area (Å²) in [7, 11) is 0. The molecule has 4 aromatic rings. The zero-order valence-electron chi connectivity index (χ0n) is 18.1. The molecule has 166 valence electrons. The number of nitrogens with zero attached hydrogens (tertiary/aromatic N) is 2. The molecule has 2 N–H and O–H groups in total. The summed E-state index contributed by atoms with van der Waals surface area (Å²) < 4.78 is 0. The van der Waals surface area contributed by atoms with Gasteiger partial charge < -0.3 is 10.2 Å². The van der Waals surface area contributed by atoms with Gasteiger partial charge in [0.05, 0.1) is 22.5 Å². The molecule has 2 aromatic heterocycles. The Hall–Kier alpha value is -4.84. The largest absolute Gasteiger partial charge is 0.478 e.